The van der Waals surface area contributed by atoms with E-state index in [1.165, 1.54) is 19.1 Å². The molecule has 0 amide bonds. The van der Waals surface area contributed by atoms with Crippen LogP contribution in [0.25, 0.3) is 0 Å². The quantitative estimate of drug-likeness (QED) is 0.472. The van der Waals surface area contributed by atoms with E-state index in [0.29, 0.717) is 24.7 Å². The van der Waals surface area contributed by atoms with Crippen molar-refractivity contribution in [3.63, 3.8) is 0 Å². The van der Waals surface area contributed by atoms with Gasteiger partial charge in [-0.15, -0.1) is 0 Å². The summed E-state index contributed by atoms with van der Waals surface area (Å²) in [6.07, 6.45) is -0.728. The van der Waals surface area contributed by atoms with Gasteiger partial charge in [-0.3, -0.25) is 14.9 Å². The summed E-state index contributed by atoms with van der Waals surface area (Å²) in [6, 6.07) is 2.78. The summed E-state index contributed by atoms with van der Waals surface area (Å²) in [4.78, 5) is 21.5. The van der Waals surface area contributed by atoms with Crippen molar-refractivity contribution < 1.29 is 23.9 Å². The van der Waals surface area contributed by atoms with Crippen LogP contribution in [0.1, 0.15) is 25.5 Å². The van der Waals surface area contributed by atoms with E-state index in [9.17, 15) is 14.9 Å². The SMILES string of the molecule is CC(=O)O[C@@H](C)c1cc2c(cc1[N+](=O)[O-])OCCO2. The zero-order chi connectivity index (χ0) is 14.0. The van der Waals surface area contributed by atoms with Crippen molar-refractivity contribution >= 4 is 11.7 Å². The molecule has 0 spiro atoms. The fourth-order valence-electron chi connectivity index (χ4n) is 1.89. The van der Waals surface area contributed by atoms with Gasteiger partial charge in [0.15, 0.2) is 11.5 Å². The van der Waals surface area contributed by atoms with E-state index in [0.717, 1.165) is 0 Å². The van der Waals surface area contributed by atoms with Gasteiger partial charge in [-0.2, -0.15) is 0 Å². The van der Waals surface area contributed by atoms with Gasteiger partial charge >= 0.3 is 5.97 Å². The van der Waals surface area contributed by atoms with Crippen molar-refractivity contribution in [3.05, 3.63) is 27.8 Å². The predicted molar refractivity (Wildman–Crippen MR) is 64.3 cm³/mol. The van der Waals surface area contributed by atoms with Gasteiger partial charge in [0.1, 0.15) is 19.3 Å². The first-order valence-corrected chi connectivity index (χ1v) is 5.74. The maximum absolute atomic E-state index is 11.1. The molecule has 0 saturated carbocycles. The lowest BCUT2D eigenvalue weighted by atomic mass is 10.1. The first-order valence-electron chi connectivity index (χ1n) is 5.74. The van der Waals surface area contributed by atoms with Crippen molar-refractivity contribution in [2.45, 2.75) is 20.0 Å². The molecule has 7 heteroatoms. The Balaban J connectivity index is 2.45. The second-order valence-corrected chi connectivity index (χ2v) is 4.06. The molecule has 1 heterocycles. The topological polar surface area (TPSA) is 87.9 Å². The molecule has 0 radical (unpaired) electrons. The van der Waals surface area contributed by atoms with E-state index < -0.39 is 17.0 Å². The van der Waals surface area contributed by atoms with Crippen LogP contribution in [-0.2, 0) is 9.53 Å². The average Bonchev–Trinajstić information content (AvgIpc) is 2.36. The summed E-state index contributed by atoms with van der Waals surface area (Å²) < 4.78 is 15.6. The molecule has 0 bridgehead atoms. The van der Waals surface area contributed by atoms with E-state index in [4.69, 9.17) is 14.2 Å². The highest BCUT2D eigenvalue weighted by Gasteiger charge is 2.26. The predicted octanol–water partition coefficient (Wildman–Crippen LogP) is 1.99. The second-order valence-electron chi connectivity index (χ2n) is 4.06. The maximum Gasteiger partial charge on any atom is 0.303 e. The number of ether oxygens (including phenoxy) is 3. The van der Waals surface area contributed by atoms with Crippen LogP contribution >= 0.6 is 0 Å². The number of rotatable bonds is 3. The average molecular weight is 267 g/mol. The van der Waals surface area contributed by atoms with Gasteiger partial charge in [0, 0.05) is 6.92 Å². The Morgan fingerprint density at radius 1 is 1.37 bits per heavy atom. The molecule has 102 valence electrons. The smallest absolute Gasteiger partial charge is 0.303 e. The number of nitro groups is 1. The first kappa shape index (κ1) is 13.1. The lowest BCUT2D eigenvalue weighted by molar-refractivity contribution is -0.386. The summed E-state index contributed by atoms with van der Waals surface area (Å²) in [5.74, 6) is 0.249. The van der Waals surface area contributed by atoms with Crippen LogP contribution in [0.5, 0.6) is 11.5 Å². The van der Waals surface area contributed by atoms with E-state index in [1.807, 2.05) is 0 Å². The van der Waals surface area contributed by atoms with Crippen molar-refractivity contribution in [2.75, 3.05) is 13.2 Å². The standard InChI is InChI=1S/C12H13NO6/c1-7(19-8(2)14)9-5-11-12(18-4-3-17-11)6-10(9)13(15)16/h5-7H,3-4H2,1-2H3/t7-/m0/s1. The molecule has 0 saturated heterocycles. The highest BCUT2D eigenvalue weighted by Crippen LogP contribution is 2.39. The summed E-state index contributed by atoms with van der Waals surface area (Å²) in [5.41, 5.74) is 0.127. The molecule has 1 aromatic carbocycles. The van der Waals surface area contributed by atoms with Crippen LogP contribution in [0.4, 0.5) is 5.69 Å². The fraction of sp³-hybridized carbons (Fsp3) is 0.417. The molecule has 0 aliphatic carbocycles. The number of fused-ring (bicyclic) bond motifs is 1. The highest BCUT2D eigenvalue weighted by atomic mass is 16.6. The Labute approximate surface area is 109 Å². The third kappa shape index (κ3) is 2.75. The molecule has 1 aliphatic rings. The second kappa shape index (κ2) is 5.13. The minimum atomic E-state index is -0.728. The maximum atomic E-state index is 11.1. The minimum Gasteiger partial charge on any atom is -0.486 e. The van der Waals surface area contributed by atoms with Crippen LogP contribution in [-0.4, -0.2) is 24.1 Å². The zero-order valence-electron chi connectivity index (χ0n) is 10.5. The van der Waals surface area contributed by atoms with Crippen LogP contribution in [0.3, 0.4) is 0 Å². The lowest BCUT2D eigenvalue weighted by Crippen LogP contribution is -2.16. The van der Waals surface area contributed by atoms with Crippen LogP contribution in [0.15, 0.2) is 12.1 Å². The first-order chi connectivity index (χ1) is 8.99. The number of esters is 1. The van der Waals surface area contributed by atoms with Gasteiger partial charge in [-0.05, 0) is 13.0 Å². The highest BCUT2D eigenvalue weighted by molar-refractivity contribution is 5.67. The molecule has 1 aromatic rings. The fourth-order valence-corrected chi connectivity index (χ4v) is 1.89. The number of carbonyl (C=O) groups is 1. The Hall–Kier alpha value is -2.31. The monoisotopic (exact) mass is 267 g/mol. The van der Waals surface area contributed by atoms with Gasteiger partial charge in [0.05, 0.1) is 16.6 Å². The summed E-state index contributed by atoms with van der Waals surface area (Å²) in [5, 5.41) is 11.1. The van der Waals surface area contributed by atoms with Crippen molar-refractivity contribution in [3.8, 4) is 11.5 Å². The summed E-state index contributed by atoms with van der Waals surface area (Å²) in [6.45, 7) is 3.55. The number of carbonyl (C=O) groups excluding carboxylic acids is 1. The van der Waals surface area contributed by atoms with Crippen LogP contribution in [0.2, 0.25) is 0 Å². The van der Waals surface area contributed by atoms with E-state index in [2.05, 4.69) is 0 Å². The third-order valence-corrected chi connectivity index (χ3v) is 2.67. The molecule has 0 N–H and O–H groups in total. The number of nitro benzene ring substituents is 1. The Bertz CT molecular complexity index is 527. The van der Waals surface area contributed by atoms with Gasteiger partial charge in [0.25, 0.3) is 5.69 Å². The van der Waals surface area contributed by atoms with E-state index in [1.54, 1.807) is 6.92 Å². The largest absolute Gasteiger partial charge is 0.486 e. The van der Waals surface area contributed by atoms with Crippen molar-refractivity contribution in [2.24, 2.45) is 0 Å². The van der Waals surface area contributed by atoms with Gasteiger partial charge in [-0.1, -0.05) is 0 Å². The van der Waals surface area contributed by atoms with E-state index >= 15 is 0 Å². The Morgan fingerprint density at radius 3 is 2.47 bits per heavy atom. The molecule has 1 atom stereocenters. The summed E-state index contributed by atoms with van der Waals surface area (Å²) >= 11 is 0. The summed E-state index contributed by atoms with van der Waals surface area (Å²) in [7, 11) is 0. The normalized spacial score (nSPS) is 14.6. The minimum absolute atomic E-state index is 0.155. The van der Waals surface area contributed by atoms with Gasteiger partial charge < -0.3 is 14.2 Å². The molecule has 0 aromatic heterocycles. The number of benzene rings is 1. The van der Waals surface area contributed by atoms with Crippen molar-refractivity contribution in [1.82, 2.24) is 0 Å². The van der Waals surface area contributed by atoms with Gasteiger partial charge in [-0.25, -0.2) is 0 Å². The molecule has 0 unspecified atom stereocenters. The molecule has 19 heavy (non-hydrogen) atoms. The number of nitrogens with zero attached hydrogens (tertiary/aromatic N) is 1. The van der Waals surface area contributed by atoms with Crippen molar-refractivity contribution in [1.29, 1.82) is 0 Å². The molecule has 0 fully saturated rings. The van der Waals surface area contributed by atoms with Crippen LogP contribution < -0.4 is 9.47 Å². The third-order valence-electron chi connectivity index (χ3n) is 2.67. The molecule has 7 nitrogen and oxygen atoms in total. The van der Waals surface area contributed by atoms with Crippen LogP contribution in [0, 0.1) is 10.1 Å². The molecular weight excluding hydrogens is 254 g/mol. The Kier molecular flexibility index (Phi) is 3.55. The molecular formula is C12H13NO6. The number of hydrogen-bond donors (Lipinski definition) is 0. The molecule has 1 aliphatic heterocycles. The number of hydrogen-bond acceptors (Lipinski definition) is 6. The Morgan fingerprint density at radius 2 is 1.95 bits per heavy atom. The lowest BCUT2D eigenvalue weighted by Gasteiger charge is -2.20. The van der Waals surface area contributed by atoms with Gasteiger partial charge in [0.2, 0.25) is 0 Å². The molecule has 2 rings (SSSR count). The zero-order valence-corrected chi connectivity index (χ0v) is 10.5. The van der Waals surface area contributed by atoms with E-state index in [-0.39, 0.29) is 11.3 Å².